The van der Waals surface area contributed by atoms with E-state index in [9.17, 15) is 4.79 Å². The summed E-state index contributed by atoms with van der Waals surface area (Å²) in [6.07, 6.45) is 6.33. The monoisotopic (exact) mass is 353 g/mol. The average molecular weight is 353 g/mol. The first-order valence-corrected chi connectivity index (χ1v) is 8.34. The molecule has 0 aliphatic rings. The summed E-state index contributed by atoms with van der Waals surface area (Å²) in [7, 11) is 0. The normalized spacial score (nSPS) is 10.4. The van der Waals surface area contributed by atoms with Gasteiger partial charge in [-0.15, -0.1) is 0 Å². The van der Waals surface area contributed by atoms with E-state index in [0.29, 0.717) is 11.3 Å². The van der Waals surface area contributed by atoms with Crippen LogP contribution >= 0.6 is 0 Å². The van der Waals surface area contributed by atoms with Crippen LogP contribution in [0.4, 0.5) is 5.69 Å². The second-order valence-electron chi connectivity index (χ2n) is 5.77. The minimum Gasteiger partial charge on any atom is -0.322 e. The second-order valence-corrected chi connectivity index (χ2v) is 5.77. The summed E-state index contributed by atoms with van der Waals surface area (Å²) < 4.78 is 0. The first-order chi connectivity index (χ1) is 13.3. The molecule has 0 aliphatic carbocycles. The lowest BCUT2D eigenvalue weighted by Crippen LogP contribution is -2.12. The van der Waals surface area contributed by atoms with Crippen molar-refractivity contribution in [1.29, 1.82) is 0 Å². The van der Waals surface area contributed by atoms with Gasteiger partial charge in [0.25, 0.3) is 5.91 Å². The molecule has 0 saturated carbocycles. The van der Waals surface area contributed by atoms with E-state index in [-0.39, 0.29) is 5.91 Å². The van der Waals surface area contributed by atoms with E-state index in [2.05, 4.69) is 25.3 Å². The van der Waals surface area contributed by atoms with Gasteiger partial charge in [-0.05, 0) is 36.4 Å². The molecule has 0 saturated heterocycles. The number of hydrogen-bond donors (Lipinski definition) is 1. The van der Waals surface area contributed by atoms with Gasteiger partial charge in [-0.25, -0.2) is 19.9 Å². The molecule has 0 bridgehead atoms. The Bertz CT molecular complexity index is 1050. The number of nitrogens with zero attached hydrogens (tertiary/aromatic N) is 4. The molecule has 1 N–H and O–H groups in total. The highest BCUT2D eigenvalue weighted by atomic mass is 16.1. The Balaban J connectivity index is 1.76. The number of para-hydroxylation sites is 1. The van der Waals surface area contributed by atoms with Crippen LogP contribution in [-0.4, -0.2) is 25.8 Å². The standard InChI is InChI=1S/C21H15N5O/c27-21(26-16-4-2-1-3-5-16)15-6-7-17(19-8-10-22-13-24-19)18(12-15)20-9-11-23-14-25-20/h1-14H,(H,26,27). The first-order valence-electron chi connectivity index (χ1n) is 8.34. The number of amides is 1. The van der Waals surface area contributed by atoms with Crippen LogP contribution < -0.4 is 5.32 Å². The first kappa shape index (κ1) is 16.5. The summed E-state index contributed by atoms with van der Waals surface area (Å²) in [6, 6.07) is 18.4. The zero-order valence-corrected chi connectivity index (χ0v) is 14.3. The van der Waals surface area contributed by atoms with Crippen molar-refractivity contribution < 1.29 is 4.79 Å². The minimum absolute atomic E-state index is 0.189. The lowest BCUT2D eigenvalue weighted by molar-refractivity contribution is 0.102. The minimum atomic E-state index is -0.189. The van der Waals surface area contributed by atoms with Crippen molar-refractivity contribution >= 4 is 11.6 Å². The van der Waals surface area contributed by atoms with Gasteiger partial charge in [-0.2, -0.15) is 0 Å². The van der Waals surface area contributed by atoms with Crippen LogP contribution in [0.3, 0.4) is 0 Å². The van der Waals surface area contributed by atoms with E-state index in [0.717, 1.165) is 22.5 Å². The third-order valence-electron chi connectivity index (χ3n) is 4.03. The molecule has 4 rings (SSSR count). The molecular weight excluding hydrogens is 338 g/mol. The van der Waals surface area contributed by atoms with Crippen LogP contribution in [0.15, 0.2) is 85.7 Å². The van der Waals surface area contributed by atoms with Gasteiger partial charge in [0.2, 0.25) is 0 Å². The molecule has 4 aromatic rings. The average Bonchev–Trinajstić information content (AvgIpc) is 2.75. The summed E-state index contributed by atoms with van der Waals surface area (Å²) >= 11 is 0. The highest BCUT2D eigenvalue weighted by molar-refractivity contribution is 6.05. The Morgan fingerprint density at radius 2 is 1.41 bits per heavy atom. The van der Waals surface area contributed by atoms with Crippen molar-refractivity contribution in [3.05, 3.63) is 91.3 Å². The smallest absolute Gasteiger partial charge is 0.255 e. The molecule has 0 atom stereocenters. The van der Waals surface area contributed by atoms with Crippen molar-refractivity contribution in [2.75, 3.05) is 5.32 Å². The Morgan fingerprint density at radius 1 is 0.741 bits per heavy atom. The van der Waals surface area contributed by atoms with Crippen molar-refractivity contribution in [2.24, 2.45) is 0 Å². The zero-order valence-electron chi connectivity index (χ0n) is 14.3. The topological polar surface area (TPSA) is 80.7 Å². The van der Waals surface area contributed by atoms with Crippen LogP contribution in [0.5, 0.6) is 0 Å². The summed E-state index contributed by atoms with van der Waals surface area (Å²) in [5.74, 6) is -0.189. The molecule has 0 unspecified atom stereocenters. The van der Waals surface area contributed by atoms with Crippen LogP contribution in [0, 0.1) is 0 Å². The molecular formula is C21H15N5O. The largest absolute Gasteiger partial charge is 0.322 e. The van der Waals surface area contributed by atoms with Gasteiger partial charge in [-0.3, -0.25) is 4.79 Å². The summed E-state index contributed by atoms with van der Waals surface area (Å²) in [5, 5.41) is 2.90. The van der Waals surface area contributed by atoms with E-state index in [1.165, 1.54) is 12.7 Å². The number of nitrogens with one attached hydrogen (secondary N) is 1. The Kier molecular flexibility index (Phi) is 4.61. The molecule has 0 aliphatic heterocycles. The molecule has 130 valence electrons. The molecule has 0 radical (unpaired) electrons. The van der Waals surface area contributed by atoms with Gasteiger partial charge < -0.3 is 5.32 Å². The molecule has 0 fully saturated rings. The number of aromatic nitrogens is 4. The Hall–Kier alpha value is -3.93. The molecule has 27 heavy (non-hydrogen) atoms. The number of rotatable bonds is 4. The molecule has 2 aromatic carbocycles. The molecule has 6 nitrogen and oxygen atoms in total. The summed E-state index contributed by atoms with van der Waals surface area (Å²) in [6.45, 7) is 0. The fraction of sp³-hybridized carbons (Fsp3) is 0. The summed E-state index contributed by atoms with van der Waals surface area (Å²) in [4.78, 5) is 29.3. The van der Waals surface area contributed by atoms with E-state index in [1.54, 1.807) is 24.5 Å². The van der Waals surface area contributed by atoms with Crippen molar-refractivity contribution in [3.8, 4) is 22.5 Å². The van der Waals surface area contributed by atoms with Gasteiger partial charge in [-0.1, -0.05) is 24.3 Å². The maximum absolute atomic E-state index is 12.7. The quantitative estimate of drug-likeness (QED) is 0.603. The number of carbonyl (C=O) groups is 1. The van der Waals surface area contributed by atoms with Crippen LogP contribution in [0.25, 0.3) is 22.5 Å². The van der Waals surface area contributed by atoms with E-state index in [4.69, 9.17) is 0 Å². The lowest BCUT2D eigenvalue weighted by atomic mass is 9.98. The Morgan fingerprint density at radius 3 is 2.04 bits per heavy atom. The van der Waals surface area contributed by atoms with Gasteiger partial charge in [0.1, 0.15) is 12.7 Å². The fourth-order valence-corrected chi connectivity index (χ4v) is 2.75. The molecule has 0 spiro atoms. The van der Waals surface area contributed by atoms with Gasteiger partial charge in [0, 0.05) is 34.8 Å². The van der Waals surface area contributed by atoms with Crippen LogP contribution in [0.2, 0.25) is 0 Å². The molecule has 2 aromatic heterocycles. The van der Waals surface area contributed by atoms with E-state index >= 15 is 0 Å². The number of anilines is 1. The van der Waals surface area contributed by atoms with Crippen molar-refractivity contribution in [1.82, 2.24) is 19.9 Å². The third-order valence-corrected chi connectivity index (χ3v) is 4.03. The van der Waals surface area contributed by atoms with Gasteiger partial charge in [0.05, 0.1) is 11.4 Å². The van der Waals surface area contributed by atoms with Gasteiger partial charge >= 0.3 is 0 Å². The van der Waals surface area contributed by atoms with Gasteiger partial charge in [0.15, 0.2) is 0 Å². The fourth-order valence-electron chi connectivity index (χ4n) is 2.75. The summed E-state index contributed by atoms with van der Waals surface area (Å²) in [5.41, 5.74) is 4.42. The third kappa shape index (κ3) is 3.69. The maximum Gasteiger partial charge on any atom is 0.255 e. The highest BCUT2D eigenvalue weighted by Gasteiger charge is 2.14. The molecule has 6 heteroatoms. The Labute approximate surface area is 156 Å². The molecule has 1 amide bonds. The number of carbonyl (C=O) groups excluding carboxylic acids is 1. The van der Waals surface area contributed by atoms with Crippen molar-refractivity contribution in [2.45, 2.75) is 0 Å². The highest BCUT2D eigenvalue weighted by Crippen LogP contribution is 2.30. The van der Waals surface area contributed by atoms with E-state index in [1.807, 2.05) is 48.5 Å². The maximum atomic E-state index is 12.7. The van der Waals surface area contributed by atoms with Crippen molar-refractivity contribution in [3.63, 3.8) is 0 Å². The SMILES string of the molecule is O=C(Nc1ccccc1)c1ccc(-c2ccncn2)c(-c2ccncn2)c1. The second kappa shape index (κ2) is 7.53. The lowest BCUT2D eigenvalue weighted by Gasteiger charge is -2.11. The van der Waals surface area contributed by atoms with Crippen LogP contribution in [-0.2, 0) is 0 Å². The predicted octanol–water partition coefficient (Wildman–Crippen LogP) is 3.85. The van der Waals surface area contributed by atoms with Crippen LogP contribution in [0.1, 0.15) is 10.4 Å². The van der Waals surface area contributed by atoms with E-state index < -0.39 is 0 Å². The molecule has 2 heterocycles. The predicted molar refractivity (Wildman–Crippen MR) is 103 cm³/mol. The number of benzene rings is 2. The number of hydrogen-bond acceptors (Lipinski definition) is 5. The zero-order chi connectivity index (χ0) is 18.5.